The van der Waals surface area contributed by atoms with Crippen LogP contribution in [0.2, 0.25) is 0 Å². The molecule has 2 nitrogen and oxygen atoms in total. The molecule has 0 N–H and O–H groups in total. The lowest BCUT2D eigenvalue weighted by molar-refractivity contribution is -0.139. The zero-order valence-corrected chi connectivity index (χ0v) is 13.9. The van der Waals surface area contributed by atoms with E-state index in [1.807, 2.05) is 6.92 Å². The number of unbranched alkanes of at least 4 members (excludes halogenated alkanes) is 9. The Bertz CT molecular complexity index is 207. The van der Waals surface area contributed by atoms with Crippen LogP contribution in [0, 0.1) is 0 Å². The highest BCUT2D eigenvalue weighted by Crippen LogP contribution is 2.16. The van der Waals surface area contributed by atoms with E-state index in [0.717, 1.165) is 5.75 Å². The van der Waals surface area contributed by atoms with Gasteiger partial charge in [0, 0.05) is 0 Å². The lowest BCUT2D eigenvalue weighted by atomic mass is 10.1. The van der Waals surface area contributed by atoms with Gasteiger partial charge in [0.1, 0.15) is 0 Å². The number of rotatable bonds is 13. The van der Waals surface area contributed by atoms with Crippen LogP contribution in [0.1, 0.15) is 78.1 Å². The Morgan fingerprint density at radius 3 is 1.89 bits per heavy atom. The third-order valence-electron chi connectivity index (χ3n) is 3.40. The third-order valence-corrected chi connectivity index (χ3v) is 4.62. The van der Waals surface area contributed by atoms with Crippen molar-refractivity contribution in [1.29, 1.82) is 0 Å². The zero-order valence-electron chi connectivity index (χ0n) is 13.1. The van der Waals surface area contributed by atoms with Crippen LogP contribution in [0.25, 0.3) is 0 Å². The molecule has 0 aromatic rings. The molecule has 0 aliphatic rings. The summed E-state index contributed by atoms with van der Waals surface area (Å²) < 4.78 is 4.70. The first-order valence-electron chi connectivity index (χ1n) is 7.91. The SMILES string of the molecule is CCCCCCCCCCCCSC(C)C(=O)OC. The van der Waals surface area contributed by atoms with Gasteiger partial charge in [-0.05, 0) is 19.1 Å². The summed E-state index contributed by atoms with van der Waals surface area (Å²) in [5.74, 6) is 0.976. The summed E-state index contributed by atoms with van der Waals surface area (Å²) in [7, 11) is 1.46. The summed E-state index contributed by atoms with van der Waals surface area (Å²) in [4.78, 5) is 11.2. The van der Waals surface area contributed by atoms with Gasteiger partial charge in [-0.25, -0.2) is 0 Å². The molecule has 3 heteroatoms. The quantitative estimate of drug-likeness (QED) is 0.344. The van der Waals surface area contributed by atoms with Crippen LogP contribution >= 0.6 is 11.8 Å². The van der Waals surface area contributed by atoms with Gasteiger partial charge in [0.05, 0.1) is 12.4 Å². The fourth-order valence-corrected chi connectivity index (χ4v) is 3.04. The zero-order chi connectivity index (χ0) is 14.3. The van der Waals surface area contributed by atoms with E-state index in [4.69, 9.17) is 4.74 Å². The van der Waals surface area contributed by atoms with Crippen LogP contribution in [-0.4, -0.2) is 24.1 Å². The number of hydrogen-bond donors (Lipinski definition) is 0. The molecule has 0 aromatic carbocycles. The Labute approximate surface area is 124 Å². The molecule has 19 heavy (non-hydrogen) atoms. The number of ether oxygens (including phenoxy) is 1. The number of carbonyl (C=O) groups excluding carboxylic acids is 1. The molecule has 114 valence electrons. The maximum absolute atomic E-state index is 11.2. The van der Waals surface area contributed by atoms with Crippen molar-refractivity contribution < 1.29 is 9.53 Å². The molecule has 1 atom stereocenters. The van der Waals surface area contributed by atoms with Gasteiger partial charge in [0.2, 0.25) is 0 Å². The maximum atomic E-state index is 11.2. The monoisotopic (exact) mass is 288 g/mol. The van der Waals surface area contributed by atoms with E-state index in [0.29, 0.717) is 0 Å². The molecule has 0 amide bonds. The fourth-order valence-electron chi connectivity index (χ4n) is 2.08. The predicted octanol–water partition coefficient (Wildman–Crippen LogP) is 5.20. The predicted molar refractivity (Wildman–Crippen MR) is 85.8 cm³/mol. The normalized spacial score (nSPS) is 12.4. The van der Waals surface area contributed by atoms with Crippen molar-refractivity contribution in [2.45, 2.75) is 83.3 Å². The number of hydrogen-bond acceptors (Lipinski definition) is 3. The minimum Gasteiger partial charge on any atom is -0.468 e. The minimum atomic E-state index is -0.0999. The Morgan fingerprint density at radius 1 is 0.947 bits per heavy atom. The average molecular weight is 288 g/mol. The van der Waals surface area contributed by atoms with E-state index in [1.54, 1.807) is 11.8 Å². The van der Waals surface area contributed by atoms with Crippen molar-refractivity contribution >= 4 is 17.7 Å². The van der Waals surface area contributed by atoms with Crippen LogP contribution in [0.5, 0.6) is 0 Å². The summed E-state index contributed by atoms with van der Waals surface area (Å²) in [5, 5.41) is -0.0106. The van der Waals surface area contributed by atoms with Crippen molar-refractivity contribution in [2.75, 3.05) is 12.9 Å². The number of esters is 1. The molecule has 0 saturated heterocycles. The van der Waals surface area contributed by atoms with Crippen LogP contribution in [-0.2, 0) is 9.53 Å². The van der Waals surface area contributed by atoms with E-state index in [2.05, 4.69) is 6.92 Å². The van der Waals surface area contributed by atoms with Gasteiger partial charge in [-0.3, -0.25) is 4.79 Å². The van der Waals surface area contributed by atoms with Gasteiger partial charge >= 0.3 is 5.97 Å². The molecule has 0 bridgehead atoms. The standard InChI is InChI=1S/C16H32O2S/c1-4-5-6-7-8-9-10-11-12-13-14-19-15(2)16(17)18-3/h15H,4-14H2,1-3H3. The van der Waals surface area contributed by atoms with Crippen molar-refractivity contribution in [3.05, 3.63) is 0 Å². The highest BCUT2D eigenvalue weighted by molar-refractivity contribution is 8.00. The lowest BCUT2D eigenvalue weighted by Crippen LogP contribution is -2.15. The first-order valence-corrected chi connectivity index (χ1v) is 8.96. The fraction of sp³-hybridized carbons (Fsp3) is 0.938. The second-order valence-corrected chi connectivity index (χ2v) is 6.67. The summed E-state index contributed by atoms with van der Waals surface area (Å²) in [5.41, 5.74) is 0. The molecule has 0 radical (unpaired) electrons. The number of carbonyl (C=O) groups is 1. The van der Waals surface area contributed by atoms with E-state index >= 15 is 0 Å². The average Bonchev–Trinajstić information content (AvgIpc) is 2.43. The van der Waals surface area contributed by atoms with E-state index in [1.165, 1.54) is 71.3 Å². The van der Waals surface area contributed by atoms with Gasteiger partial charge in [-0.1, -0.05) is 64.7 Å². The second kappa shape index (κ2) is 14.2. The molecular formula is C16H32O2S. The molecule has 0 heterocycles. The number of thioether (sulfide) groups is 1. The molecule has 0 saturated carbocycles. The molecule has 0 aromatic heterocycles. The second-order valence-electron chi connectivity index (χ2n) is 5.22. The smallest absolute Gasteiger partial charge is 0.318 e. The van der Waals surface area contributed by atoms with Gasteiger partial charge in [-0.2, -0.15) is 0 Å². The van der Waals surface area contributed by atoms with Gasteiger partial charge in [-0.15, -0.1) is 11.8 Å². The summed E-state index contributed by atoms with van der Waals surface area (Å²) >= 11 is 1.71. The van der Waals surface area contributed by atoms with Gasteiger partial charge in [0.15, 0.2) is 0 Å². The Balaban J connectivity index is 3.12. The van der Waals surface area contributed by atoms with Crippen molar-refractivity contribution in [2.24, 2.45) is 0 Å². The molecule has 0 fully saturated rings. The Kier molecular flexibility index (Phi) is 14.1. The Hall–Kier alpha value is -0.180. The Morgan fingerprint density at radius 2 is 1.42 bits per heavy atom. The molecular weight excluding hydrogens is 256 g/mol. The topological polar surface area (TPSA) is 26.3 Å². The third kappa shape index (κ3) is 12.6. The first-order chi connectivity index (χ1) is 9.22. The van der Waals surface area contributed by atoms with Crippen molar-refractivity contribution in [3.8, 4) is 0 Å². The van der Waals surface area contributed by atoms with Crippen molar-refractivity contribution in [3.63, 3.8) is 0 Å². The van der Waals surface area contributed by atoms with E-state index < -0.39 is 0 Å². The van der Waals surface area contributed by atoms with Crippen LogP contribution in [0.3, 0.4) is 0 Å². The summed E-state index contributed by atoms with van der Waals surface area (Å²) in [6.07, 6.45) is 13.6. The number of methoxy groups -OCH3 is 1. The van der Waals surface area contributed by atoms with E-state index in [9.17, 15) is 4.79 Å². The summed E-state index contributed by atoms with van der Waals surface area (Å²) in [6.45, 7) is 4.19. The highest BCUT2D eigenvalue weighted by atomic mass is 32.2. The van der Waals surface area contributed by atoms with Crippen LogP contribution in [0.15, 0.2) is 0 Å². The highest BCUT2D eigenvalue weighted by Gasteiger charge is 2.12. The van der Waals surface area contributed by atoms with E-state index in [-0.39, 0.29) is 11.2 Å². The molecule has 0 aliphatic carbocycles. The summed E-state index contributed by atoms with van der Waals surface area (Å²) in [6, 6.07) is 0. The minimum absolute atomic E-state index is 0.0106. The van der Waals surface area contributed by atoms with Crippen LogP contribution < -0.4 is 0 Å². The lowest BCUT2D eigenvalue weighted by Gasteiger charge is -2.08. The molecule has 0 spiro atoms. The van der Waals surface area contributed by atoms with Crippen molar-refractivity contribution in [1.82, 2.24) is 0 Å². The maximum Gasteiger partial charge on any atom is 0.318 e. The largest absolute Gasteiger partial charge is 0.468 e. The van der Waals surface area contributed by atoms with Gasteiger partial charge < -0.3 is 4.74 Å². The van der Waals surface area contributed by atoms with Crippen LogP contribution in [0.4, 0.5) is 0 Å². The molecule has 0 rings (SSSR count). The first kappa shape index (κ1) is 18.8. The molecule has 0 aliphatic heterocycles. The molecule has 1 unspecified atom stereocenters. The van der Waals surface area contributed by atoms with Gasteiger partial charge in [0.25, 0.3) is 0 Å².